The normalized spacial score (nSPS) is 19.9. The number of hydrogen-bond acceptors (Lipinski definition) is 4. The third-order valence-electron chi connectivity index (χ3n) is 6.78. The third-order valence-corrected chi connectivity index (χ3v) is 6.78. The summed E-state index contributed by atoms with van der Waals surface area (Å²) >= 11 is 0. The van der Waals surface area contributed by atoms with Crippen LogP contribution in [0.5, 0.6) is 5.75 Å². The molecule has 1 atom stereocenters. The van der Waals surface area contributed by atoms with Crippen molar-refractivity contribution in [2.24, 2.45) is 0 Å². The lowest BCUT2D eigenvalue weighted by atomic mass is 9.83. The van der Waals surface area contributed by atoms with E-state index in [9.17, 15) is 9.59 Å². The van der Waals surface area contributed by atoms with E-state index in [0.29, 0.717) is 6.61 Å². The zero-order valence-electron chi connectivity index (χ0n) is 19.3. The van der Waals surface area contributed by atoms with Gasteiger partial charge in [-0.05, 0) is 48.6 Å². The number of urea groups is 1. The van der Waals surface area contributed by atoms with Gasteiger partial charge in [-0.25, -0.2) is 9.69 Å². The number of rotatable bonds is 7. The van der Waals surface area contributed by atoms with Crippen molar-refractivity contribution in [2.45, 2.75) is 31.3 Å². The van der Waals surface area contributed by atoms with Gasteiger partial charge in [0.05, 0.1) is 13.3 Å². The van der Waals surface area contributed by atoms with E-state index in [1.165, 1.54) is 10.5 Å². The second kappa shape index (κ2) is 9.31. The Morgan fingerprint density at radius 1 is 0.912 bits per heavy atom. The summed E-state index contributed by atoms with van der Waals surface area (Å²) < 4.78 is 5.57. The summed E-state index contributed by atoms with van der Waals surface area (Å²) in [5.74, 6) is 0.604. The lowest BCUT2D eigenvalue weighted by Crippen LogP contribution is -2.46. The van der Waals surface area contributed by atoms with Crippen LogP contribution < -0.4 is 10.1 Å². The number of amides is 3. The molecule has 3 aromatic carbocycles. The molecule has 2 heterocycles. The summed E-state index contributed by atoms with van der Waals surface area (Å²) in [6.45, 7) is 3.68. The van der Waals surface area contributed by atoms with Gasteiger partial charge < -0.3 is 10.1 Å². The molecule has 0 aliphatic carbocycles. The second-order valence-corrected chi connectivity index (χ2v) is 8.76. The molecule has 0 unspecified atom stereocenters. The highest BCUT2D eigenvalue weighted by Crippen LogP contribution is 2.38. The van der Waals surface area contributed by atoms with Crippen LogP contribution in [0.25, 0.3) is 0 Å². The van der Waals surface area contributed by atoms with Crippen LogP contribution in [0.15, 0.2) is 84.9 Å². The molecular formula is C28H29N3O3. The maximum atomic E-state index is 14.0. The number of imide groups is 1. The molecule has 3 aromatic rings. The highest BCUT2D eigenvalue weighted by atomic mass is 16.5. The molecule has 0 radical (unpaired) electrons. The monoisotopic (exact) mass is 455 g/mol. The standard InChI is InChI=1S/C28H29N3O3/c1-2-34-24-17-15-21(16-18-24)25-14-9-19-30(25)20-31-26(32)28(29-27(31)33,22-10-5-3-6-11-22)23-12-7-4-8-13-23/h3-8,10-13,15-18,25H,2,9,14,19-20H2,1H3,(H,29,33)/t25-/m1/s1. The maximum Gasteiger partial charge on any atom is 0.326 e. The van der Waals surface area contributed by atoms with Gasteiger partial charge in [0.2, 0.25) is 0 Å². The summed E-state index contributed by atoms with van der Waals surface area (Å²) in [4.78, 5) is 30.8. The Morgan fingerprint density at radius 2 is 1.53 bits per heavy atom. The molecule has 3 amide bonds. The maximum absolute atomic E-state index is 14.0. The van der Waals surface area contributed by atoms with Gasteiger partial charge in [0, 0.05) is 12.6 Å². The van der Waals surface area contributed by atoms with E-state index in [2.05, 4.69) is 22.3 Å². The number of hydrogen-bond donors (Lipinski definition) is 1. The summed E-state index contributed by atoms with van der Waals surface area (Å²) in [6, 6.07) is 26.9. The minimum Gasteiger partial charge on any atom is -0.494 e. The fraction of sp³-hybridized carbons (Fsp3) is 0.286. The molecule has 2 aliphatic heterocycles. The van der Waals surface area contributed by atoms with E-state index < -0.39 is 5.54 Å². The van der Waals surface area contributed by atoms with Crippen LogP contribution in [0, 0.1) is 0 Å². The zero-order valence-corrected chi connectivity index (χ0v) is 19.3. The average Bonchev–Trinajstić information content (AvgIpc) is 3.44. The first-order chi connectivity index (χ1) is 16.6. The number of carbonyl (C=O) groups is 2. The number of nitrogens with one attached hydrogen (secondary N) is 1. The average molecular weight is 456 g/mol. The van der Waals surface area contributed by atoms with Crippen LogP contribution in [0.2, 0.25) is 0 Å². The Balaban J connectivity index is 1.43. The summed E-state index contributed by atoms with van der Waals surface area (Å²) in [6.07, 6.45) is 2.00. The van der Waals surface area contributed by atoms with E-state index >= 15 is 0 Å². The molecule has 6 heteroatoms. The van der Waals surface area contributed by atoms with Crippen molar-refractivity contribution in [2.75, 3.05) is 19.8 Å². The van der Waals surface area contributed by atoms with E-state index in [4.69, 9.17) is 4.74 Å². The molecule has 2 aliphatic rings. The molecule has 2 saturated heterocycles. The predicted octanol–water partition coefficient (Wildman–Crippen LogP) is 4.68. The van der Waals surface area contributed by atoms with Gasteiger partial charge in [0.1, 0.15) is 5.75 Å². The largest absolute Gasteiger partial charge is 0.494 e. The smallest absolute Gasteiger partial charge is 0.326 e. The number of nitrogens with zero attached hydrogens (tertiary/aromatic N) is 2. The molecule has 34 heavy (non-hydrogen) atoms. The lowest BCUT2D eigenvalue weighted by molar-refractivity contribution is -0.131. The fourth-order valence-corrected chi connectivity index (χ4v) is 5.15. The molecule has 6 nitrogen and oxygen atoms in total. The van der Waals surface area contributed by atoms with E-state index in [0.717, 1.165) is 36.3 Å². The topological polar surface area (TPSA) is 61.9 Å². The third kappa shape index (κ3) is 3.84. The van der Waals surface area contributed by atoms with Gasteiger partial charge in [-0.2, -0.15) is 0 Å². The second-order valence-electron chi connectivity index (χ2n) is 8.76. The number of ether oxygens (including phenoxy) is 1. The predicted molar refractivity (Wildman–Crippen MR) is 130 cm³/mol. The Morgan fingerprint density at radius 3 is 2.12 bits per heavy atom. The summed E-state index contributed by atoms with van der Waals surface area (Å²) in [5, 5.41) is 3.04. The number of carbonyl (C=O) groups excluding carboxylic acids is 2. The van der Waals surface area contributed by atoms with Gasteiger partial charge in [-0.15, -0.1) is 0 Å². The number of likely N-dealkylation sites (tertiary alicyclic amines) is 1. The SMILES string of the molecule is CCOc1ccc([C@H]2CCCN2CN2C(=O)NC(c3ccccc3)(c3ccccc3)C2=O)cc1. The first-order valence-electron chi connectivity index (χ1n) is 11.9. The highest BCUT2D eigenvalue weighted by molar-refractivity contribution is 6.09. The Kier molecular flexibility index (Phi) is 6.07. The number of benzene rings is 3. The first kappa shape index (κ1) is 22.2. The molecular weight excluding hydrogens is 426 g/mol. The van der Waals surface area contributed by atoms with Crippen LogP contribution in [0.4, 0.5) is 4.79 Å². The van der Waals surface area contributed by atoms with E-state index in [1.54, 1.807) is 0 Å². The molecule has 0 aromatic heterocycles. The summed E-state index contributed by atoms with van der Waals surface area (Å²) in [7, 11) is 0. The molecule has 0 saturated carbocycles. The van der Waals surface area contributed by atoms with Crippen molar-refractivity contribution in [1.29, 1.82) is 0 Å². The van der Waals surface area contributed by atoms with E-state index in [1.807, 2.05) is 79.7 Å². The van der Waals surface area contributed by atoms with Crippen LogP contribution >= 0.6 is 0 Å². The van der Waals surface area contributed by atoms with Gasteiger partial charge in [-0.3, -0.25) is 9.69 Å². The lowest BCUT2D eigenvalue weighted by Gasteiger charge is -2.30. The van der Waals surface area contributed by atoms with Gasteiger partial charge in [-0.1, -0.05) is 72.8 Å². The van der Waals surface area contributed by atoms with Crippen molar-refractivity contribution in [3.05, 3.63) is 102 Å². The van der Waals surface area contributed by atoms with Crippen LogP contribution in [-0.4, -0.2) is 41.6 Å². The molecule has 1 N–H and O–H groups in total. The molecule has 5 rings (SSSR count). The molecule has 2 fully saturated rings. The van der Waals surface area contributed by atoms with Gasteiger partial charge >= 0.3 is 6.03 Å². The Hall–Kier alpha value is -3.64. The first-order valence-corrected chi connectivity index (χ1v) is 11.9. The van der Waals surface area contributed by atoms with Crippen LogP contribution in [0.1, 0.15) is 42.5 Å². The Bertz CT molecular complexity index is 1110. The van der Waals surface area contributed by atoms with Crippen molar-refractivity contribution in [3.63, 3.8) is 0 Å². The van der Waals surface area contributed by atoms with Crippen molar-refractivity contribution in [3.8, 4) is 5.75 Å². The van der Waals surface area contributed by atoms with E-state index in [-0.39, 0.29) is 24.6 Å². The minimum atomic E-state index is -1.23. The van der Waals surface area contributed by atoms with Crippen molar-refractivity contribution < 1.29 is 14.3 Å². The zero-order chi connectivity index (χ0) is 23.5. The fourth-order valence-electron chi connectivity index (χ4n) is 5.15. The Labute approximate surface area is 200 Å². The molecule has 0 spiro atoms. The molecule has 174 valence electrons. The van der Waals surface area contributed by atoms with Crippen molar-refractivity contribution in [1.82, 2.24) is 15.1 Å². The highest BCUT2D eigenvalue weighted by Gasteiger charge is 2.54. The quantitative estimate of drug-likeness (QED) is 0.526. The van der Waals surface area contributed by atoms with Crippen molar-refractivity contribution >= 4 is 11.9 Å². The van der Waals surface area contributed by atoms with Crippen LogP contribution in [0.3, 0.4) is 0 Å². The summed E-state index contributed by atoms with van der Waals surface area (Å²) in [5.41, 5.74) is 1.46. The van der Waals surface area contributed by atoms with Gasteiger partial charge in [0.25, 0.3) is 5.91 Å². The van der Waals surface area contributed by atoms with Gasteiger partial charge in [0.15, 0.2) is 5.54 Å². The minimum absolute atomic E-state index is 0.153. The molecule has 0 bridgehead atoms. The van der Waals surface area contributed by atoms with Crippen LogP contribution in [-0.2, 0) is 10.3 Å².